The van der Waals surface area contributed by atoms with Crippen molar-refractivity contribution < 1.29 is 19.1 Å². The number of methoxy groups -OCH3 is 1. The third-order valence-electron chi connectivity index (χ3n) is 2.94. The number of amides is 1. The highest BCUT2D eigenvalue weighted by atomic mass is 16.6. The van der Waals surface area contributed by atoms with Crippen molar-refractivity contribution in [2.24, 2.45) is 5.41 Å². The maximum absolute atomic E-state index is 11.6. The van der Waals surface area contributed by atoms with Crippen molar-refractivity contribution >= 4 is 12.1 Å². The summed E-state index contributed by atoms with van der Waals surface area (Å²) in [5, 5.41) is 2.45. The molecule has 0 aromatic carbocycles. The lowest BCUT2D eigenvalue weighted by Gasteiger charge is -2.20. The maximum Gasteiger partial charge on any atom is 0.412 e. The number of ether oxygens (including phenoxy) is 2. The topological polar surface area (TPSA) is 64.6 Å². The van der Waals surface area contributed by atoms with Gasteiger partial charge in [0.25, 0.3) is 0 Å². The molecule has 1 amide bonds. The number of esters is 1. The van der Waals surface area contributed by atoms with Crippen LogP contribution in [0.4, 0.5) is 4.79 Å². The van der Waals surface area contributed by atoms with Crippen LogP contribution in [-0.4, -0.2) is 24.8 Å². The molecule has 0 aromatic heterocycles. The first kappa shape index (κ1) is 15.5. The Kier molecular flexibility index (Phi) is 4.61. The van der Waals surface area contributed by atoms with Gasteiger partial charge in [0.2, 0.25) is 0 Å². The molecule has 1 aliphatic rings. The molecule has 5 nitrogen and oxygen atoms in total. The summed E-state index contributed by atoms with van der Waals surface area (Å²) in [4.78, 5) is 23.2. The molecule has 0 unspecified atom stereocenters. The molecule has 0 bridgehead atoms. The molecule has 19 heavy (non-hydrogen) atoms. The highest BCUT2D eigenvalue weighted by Gasteiger charge is 2.36. The summed E-state index contributed by atoms with van der Waals surface area (Å²) in [6, 6.07) is 0. The standard InChI is InChI=1S/C14H23NO4/c1-13(2,3)19-12(17)15-10(11(16)18-5)6-7-14(4)8-9-14/h6H,7-9H2,1-5H3,(H,15,17)/b10-6+. The Morgan fingerprint density at radius 3 is 2.32 bits per heavy atom. The van der Waals surface area contributed by atoms with Crippen LogP contribution in [0.3, 0.4) is 0 Å². The Balaban J connectivity index is 2.64. The zero-order valence-corrected chi connectivity index (χ0v) is 12.3. The van der Waals surface area contributed by atoms with Crippen molar-refractivity contribution in [2.45, 2.75) is 52.6 Å². The third-order valence-corrected chi connectivity index (χ3v) is 2.94. The van der Waals surface area contributed by atoms with Crippen LogP contribution in [-0.2, 0) is 14.3 Å². The molecule has 108 valence electrons. The molecule has 0 aromatic rings. The van der Waals surface area contributed by atoms with E-state index in [4.69, 9.17) is 4.74 Å². The molecule has 0 aliphatic heterocycles. The van der Waals surface area contributed by atoms with Gasteiger partial charge < -0.3 is 9.47 Å². The van der Waals surface area contributed by atoms with E-state index in [0.29, 0.717) is 0 Å². The van der Waals surface area contributed by atoms with E-state index in [-0.39, 0.29) is 11.1 Å². The van der Waals surface area contributed by atoms with Crippen molar-refractivity contribution in [1.29, 1.82) is 0 Å². The number of allylic oxidation sites excluding steroid dienone is 1. The van der Waals surface area contributed by atoms with Gasteiger partial charge in [-0.25, -0.2) is 9.59 Å². The van der Waals surface area contributed by atoms with E-state index in [1.165, 1.54) is 7.11 Å². The fourth-order valence-electron chi connectivity index (χ4n) is 1.47. The second kappa shape index (κ2) is 5.63. The fraction of sp³-hybridized carbons (Fsp3) is 0.714. The van der Waals surface area contributed by atoms with Gasteiger partial charge in [-0.05, 0) is 45.4 Å². The van der Waals surface area contributed by atoms with E-state index in [0.717, 1.165) is 19.3 Å². The van der Waals surface area contributed by atoms with E-state index in [1.54, 1.807) is 26.8 Å². The lowest BCUT2D eigenvalue weighted by atomic mass is 10.1. The SMILES string of the molecule is COC(=O)/C(=C\CC1(C)CC1)NC(=O)OC(C)(C)C. The minimum Gasteiger partial charge on any atom is -0.464 e. The Hall–Kier alpha value is -1.52. The Bertz CT molecular complexity index is 389. The van der Waals surface area contributed by atoms with Gasteiger partial charge in [0.05, 0.1) is 7.11 Å². The summed E-state index contributed by atoms with van der Waals surface area (Å²) < 4.78 is 9.76. The van der Waals surface area contributed by atoms with E-state index >= 15 is 0 Å². The normalized spacial score (nSPS) is 17.6. The van der Waals surface area contributed by atoms with Crippen LogP contribution in [0.25, 0.3) is 0 Å². The van der Waals surface area contributed by atoms with E-state index in [2.05, 4.69) is 17.0 Å². The highest BCUT2D eigenvalue weighted by Crippen LogP contribution is 2.48. The monoisotopic (exact) mass is 269 g/mol. The van der Waals surface area contributed by atoms with Gasteiger partial charge in [-0.1, -0.05) is 13.0 Å². The molecular formula is C14H23NO4. The zero-order valence-electron chi connectivity index (χ0n) is 12.3. The van der Waals surface area contributed by atoms with Crippen LogP contribution >= 0.6 is 0 Å². The molecule has 0 spiro atoms. The lowest BCUT2D eigenvalue weighted by molar-refractivity contribution is -0.136. The lowest BCUT2D eigenvalue weighted by Crippen LogP contribution is -2.34. The van der Waals surface area contributed by atoms with Gasteiger partial charge in [-0.15, -0.1) is 0 Å². The van der Waals surface area contributed by atoms with Crippen molar-refractivity contribution in [2.75, 3.05) is 7.11 Å². The maximum atomic E-state index is 11.6. The van der Waals surface area contributed by atoms with Crippen LogP contribution in [0.1, 0.15) is 47.0 Å². The molecule has 0 heterocycles. The van der Waals surface area contributed by atoms with Gasteiger partial charge in [-0.3, -0.25) is 5.32 Å². The fourth-order valence-corrected chi connectivity index (χ4v) is 1.47. The van der Waals surface area contributed by atoms with Gasteiger partial charge in [-0.2, -0.15) is 0 Å². The van der Waals surface area contributed by atoms with Crippen LogP contribution in [0.2, 0.25) is 0 Å². The number of hydrogen-bond donors (Lipinski definition) is 1. The molecular weight excluding hydrogens is 246 g/mol. The number of carbonyl (C=O) groups is 2. The average molecular weight is 269 g/mol. The van der Waals surface area contributed by atoms with Crippen LogP contribution in [0.15, 0.2) is 11.8 Å². The first-order valence-electron chi connectivity index (χ1n) is 6.44. The molecule has 1 fully saturated rings. The molecule has 5 heteroatoms. The molecule has 1 aliphatic carbocycles. The average Bonchev–Trinajstić information content (AvgIpc) is 2.99. The second-order valence-electron chi connectivity index (χ2n) is 6.25. The molecule has 1 saturated carbocycles. The first-order valence-corrected chi connectivity index (χ1v) is 6.44. The minimum atomic E-state index is -0.648. The van der Waals surface area contributed by atoms with Crippen LogP contribution in [0, 0.1) is 5.41 Å². The van der Waals surface area contributed by atoms with Gasteiger partial charge >= 0.3 is 12.1 Å². The first-order chi connectivity index (χ1) is 8.65. The van der Waals surface area contributed by atoms with Gasteiger partial charge in [0.1, 0.15) is 11.3 Å². The molecule has 1 rings (SSSR count). The largest absolute Gasteiger partial charge is 0.464 e. The van der Waals surface area contributed by atoms with Crippen molar-refractivity contribution in [3.05, 3.63) is 11.8 Å². The van der Waals surface area contributed by atoms with Crippen molar-refractivity contribution in [1.82, 2.24) is 5.32 Å². The number of hydrogen-bond acceptors (Lipinski definition) is 4. The molecule has 0 radical (unpaired) electrons. The van der Waals surface area contributed by atoms with Crippen LogP contribution in [0.5, 0.6) is 0 Å². The number of rotatable bonds is 4. The summed E-state index contributed by atoms with van der Waals surface area (Å²) in [6.45, 7) is 7.43. The number of alkyl carbamates (subject to hydrolysis) is 1. The summed E-state index contributed by atoms with van der Waals surface area (Å²) in [5.41, 5.74) is -0.201. The Labute approximate surface area is 114 Å². The van der Waals surface area contributed by atoms with E-state index < -0.39 is 17.7 Å². The molecule has 0 atom stereocenters. The summed E-state index contributed by atoms with van der Waals surface area (Å²) in [7, 11) is 1.28. The second-order valence-corrected chi connectivity index (χ2v) is 6.25. The quantitative estimate of drug-likeness (QED) is 0.629. The highest BCUT2D eigenvalue weighted by molar-refractivity contribution is 5.92. The van der Waals surface area contributed by atoms with Crippen molar-refractivity contribution in [3.8, 4) is 0 Å². The number of nitrogens with one attached hydrogen (secondary N) is 1. The predicted octanol–water partition coefficient (Wildman–Crippen LogP) is 2.76. The zero-order chi connectivity index (χ0) is 14.7. The third kappa shape index (κ3) is 5.77. The van der Waals surface area contributed by atoms with Crippen LogP contribution < -0.4 is 5.32 Å². The van der Waals surface area contributed by atoms with Gasteiger partial charge in [0.15, 0.2) is 0 Å². The molecule has 0 saturated heterocycles. The smallest absolute Gasteiger partial charge is 0.412 e. The van der Waals surface area contributed by atoms with E-state index in [1.807, 2.05) is 0 Å². The predicted molar refractivity (Wildman–Crippen MR) is 71.4 cm³/mol. The Morgan fingerprint density at radius 1 is 1.32 bits per heavy atom. The summed E-state index contributed by atoms with van der Waals surface area (Å²) in [6.07, 6.45) is 4.09. The number of carbonyl (C=O) groups excluding carboxylic acids is 2. The minimum absolute atomic E-state index is 0.143. The van der Waals surface area contributed by atoms with Crippen molar-refractivity contribution in [3.63, 3.8) is 0 Å². The van der Waals surface area contributed by atoms with Gasteiger partial charge in [0, 0.05) is 0 Å². The summed E-state index contributed by atoms with van der Waals surface area (Å²) >= 11 is 0. The summed E-state index contributed by atoms with van der Waals surface area (Å²) in [5.74, 6) is -0.560. The Morgan fingerprint density at radius 2 is 1.89 bits per heavy atom. The molecule has 1 N–H and O–H groups in total. The van der Waals surface area contributed by atoms with E-state index in [9.17, 15) is 9.59 Å².